The zero-order valence-corrected chi connectivity index (χ0v) is 30.3. The third-order valence-corrected chi connectivity index (χ3v) is 15.4. The summed E-state index contributed by atoms with van der Waals surface area (Å²) in [6.45, 7) is 21.8. The molecule has 3 fully saturated rings. The van der Waals surface area contributed by atoms with E-state index in [1.807, 2.05) is 30.3 Å². The number of ether oxygens (including phenoxy) is 5. The molecule has 3 heterocycles. The Morgan fingerprint density at radius 2 is 1.57 bits per heavy atom. The van der Waals surface area contributed by atoms with Gasteiger partial charge in [-0.3, -0.25) is 0 Å². The first-order valence-electron chi connectivity index (χ1n) is 17.4. The van der Waals surface area contributed by atoms with Gasteiger partial charge < -0.3 is 28.1 Å². The lowest BCUT2D eigenvalue weighted by Crippen LogP contribution is -2.68. The predicted molar refractivity (Wildman–Crippen MR) is 186 cm³/mol. The molecule has 0 radical (unpaired) electrons. The summed E-state index contributed by atoms with van der Waals surface area (Å²) in [5.74, 6) is 0. The molecule has 3 saturated heterocycles. The quantitative estimate of drug-likeness (QED) is 0.130. The molecule has 0 aliphatic carbocycles. The van der Waals surface area contributed by atoms with Crippen LogP contribution >= 0.6 is 0 Å². The van der Waals surface area contributed by atoms with E-state index in [0.717, 1.165) is 38.5 Å². The van der Waals surface area contributed by atoms with E-state index in [4.69, 9.17) is 28.1 Å². The van der Waals surface area contributed by atoms with E-state index in [0.29, 0.717) is 19.8 Å². The highest BCUT2D eigenvalue weighted by Gasteiger charge is 2.59. The van der Waals surface area contributed by atoms with Crippen molar-refractivity contribution < 1.29 is 28.1 Å². The molecule has 0 spiro atoms. The SMILES string of the molecule is C=CC[C@H]1O[C@H]2C[C@H]3O[C@@H](CCOCc4ccccc4)[C@H](OCc4ccccc4)CC[C@@H]3O[C@]2(C)C[C@]1(C)O[Si](C)(C)C(C)(C)C. The van der Waals surface area contributed by atoms with Crippen molar-refractivity contribution in [1.29, 1.82) is 0 Å². The molecular formula is C39H58O6Si. The number of hydrogen-bond acceptors (Lipinski definition) is 6. The van der Waals surface area contributed by atoms with E-state index in [2.05, 4.69) is 90.7 Å². The lowest BCUT2D eigenvalue weighted by atomic mass is 9.74. The Labute approximate surface area is 279 Å². The topological polar surface area (TPSA) is 55.4 Å². The summed E-state index contributed by atoms with van der Waals surface area (Å²) < 4.78 is 41.0. The smallest absolute Gasteiger partial charge is 0.192 e. The van der Waals surface area contributed by atoms with Crippen molar-refractivity contribution in [3.8, 4) is 0 Å². The van der Waals surface area contributed by atoms with Gasteiger partial charge in [-0.1, -0.05) is 87.5 Å². The Bertz CT molecular complexity index is 1250. The van der Waals surface area contributed by atoms with Crippen LogP contribution in [0.25, 0.3) is 0 Å². The third-order valence-electron chi connectivity index (χ3n) is 10.8. The lowest BCUT2D eigenvalue weighted by molar-refractivity contribution is -0.308. The second-order valence-corrected chi connectivity index (χ2v) is 20.4. The number of fused-ring (bicyclic) bond motifs is 2. The second-order valence-electron chi connectivity index (χ2n) is 15.6. The van der Waals surface area contributed by atoms with Gasteiger partial charge >= 0.3 is 0 Å². The van der Waals surface area contributed by atoms with Gasteiger partial charge in [0.2, 0.25) is 0 Å². The molecule has 0 bridgehead atoms. The van der Waals surface area contributed by atoms with Gasteiger partial charge in [0.05, 0.1) is 61.0 Å². The molecule has 46 heavy (non-hydrogen) atoms. The molecule has 3 aliphatic rings. The number of hydrogen-bond donors (Lipinski definition) is 0. The van der Waals surface area contributed by atoms with E-state index >= 15 is 0 Å². The van der Waals surface area contributed by atoms with Crippen LogP contribution in [-0.4, -0.2) is 62.8 Å². The summed E-state index contributed by atoms with van der Waals surface area (Å²) in [7, 11) is -2.08. The zero-order valence-electron chi connectivity index (χ0n) is 29.3. The normalized spacial score (nSPS) is 33.5. The monoisotopic (exact) mass is 650 g/mol. The first-order valence-corrected chi connectivity index (χ1v) is 20.3. The van der Waals surface area contributed by atoms with E-state index in [1.165, 1.54) is 11.1 Å². The van der Waals surface area contributed by atoms with Crippen LogP contribution in [0.1, 0.15) is 84.3 Å². The molecule has 6 nitrogen and oxygen atoms in total. The van der Waals surface area contributed by atoms with Crippen LogP contribution in [0.5, 0.6) is 0 Å². The average Bonchev–Trinajstić information content (AvgIpc) is 3.16. The summed E-state index contributed by atoms with van der Waals surface area (Å²) in [5, 5.41) is 0.0920. The molecule has 3 aliphatic heterocycles. The molecule has 0 aromatic heterocycles. The van der Waals surface area contributed by atoms with Crippen LogP contribution in [0.2, 0.25) is 18.1 Å². The zero-order chi connectivity index (χ0) is 33.0. The fourth-order valence-corrected chi connectivity index (χ4v) is 8.99. The molecule has 0 unspecified atom stereocenters. The molecule has 2 aromatic carbocycles. The minimum atomic E-state index is -2.08. The standard InChI is InChI=1S/C39H58O6Si/c1-9-16-35-39(6,45-46(7,8)37(2,3)4)28-38(5)36(43-35)25-34-33(44-38)22-21-31(41-27-30-19-14-11-15-20-30)32(42-34)23-24-40-26-29-17-12-10-13-18-29/h9-15,17-20,31-36H,1,16,21-28H2,2-8H3/t31-,32+,33+,34-,35-,36+,38-,39+/m1/s1. The Hall–Kier alpha value is -1.84. The molecule has 2 aromatic rings. The van der Waals surface area contributed by atoms with Crippen LogP contribution in [0.4, 0.5) is 0 Å². The maximum Gasteiger partial charge on any atom is 0.192 e. The molecule has 0 amide bonds. The van der Waals surface area contributed by atoms with Crippen molar-refractivity contribution in [3.63, 3.8) is 0 Å². The summed E-state index contributed by atoms with van der Waals surface area (Å²) in [5.41, 5.74) is 1.40. The van der Waals surface area contributed by atoms with Gasteiger partial charge in [0.25, 0.3) is 0 Å². The highest BCUT2D eigenvalue weighted by molar-refractivity contribution is 6.74. The maximum absolute atomic E-state index is 7.19. The van der Waals surface area contributed by atoms with E-state index < -0.39 is 19.5 Å². The molecule has 5 rings (SSSR count). The van der Waals surface area contributed by atoms with Gasteiger partial charge in [-0.2, -0.15) is 0 Å². The Morgan fingerprint density at radius 3 is 2.20 bits per heavy atom. The Balaban J connectivity index is 1.31. The van der Waals surface area contributed by atoms with Gasteiger partial charge in [-0.15, -0.1) is 6.58 Å². The van der Waals surface area contributed by atoms with Crippen LogP contribution < -0.4 is 0 Å². The molecular weight excluding hydrogens is 593 g/mol. The van der Waals surface area contributed by atoms with Gasteiger partial charge in [0.1, 0.15) is 0 Å². The van der Waals surface area contributed by atoms with Crippen molar-refractivity contribution in [2.24, 2.45) is 0 Å². The number of rotatable bonds is 12. The van der Waals surface area contributed by atoms with Gasteiger partial charge in [0.15, 0.2) is 8.32 Å². The highest BCUT2D eigenvalue weighted by atomic mass is 28.4. The summed E-state index contributed by atoms with van der Waals surface area (Å²) >= 11 is 0. The number of benzene rings is 2. The molecule has 7 heteroatoms. The molecule has 0 N–H and O–H groups in total. The minimum Gasteiger partial charge on any atom is -0.409 e. The van der Waals surface area contributed by atoms with Crippen molar-refractivity contribution in [1.82, 2.24) is 0 Å². The first-order chi connectivity index (χ1) is 21.8. The Kier molecular flexibility index (Phi) is 11.4. The van der Waals surface area contributed by atoms with Crippen molar-refractivity contribution in [3.05, 3.63) is 84.4 Å². The second kappa shape index (κ2) is 14.7. The highest BCUT2D eigenvalue weighted by Crippen LogP contribution is 2.51. The molecule has 0 saturated carbocycles. The van der Waals surface area contributed by atoms with Gasteiger partial charge in [-0.05, 0) is 68.8 Å². The molecule has 254 valence electrons. The fourth-order valence-electron chi connectivity index (χ4n) is 7.31. The van der Waals surface area contributed by atoms with Gasteiger partial charge in [-0.25, -0.2) is 0 Å². The van der Waals surface area contributed by atoms with Crippen LogP contribution in [0.3, 0.4) is 0 Å². The third kappa shape index (κ3) is 8.41. The van der Waals surface area contributed by atoms with Crippen LogP contribution in [0, 0.1) is 0 Å². The summed E-state index contributed by atoms with van der Waals surface area (Å²) in [4.78, 5) is 0. The summed E-state index contributed by atoms with van der Waals surface area (Å²) in [6, 6.07) is 20.7. The lowest BCUT2D eigenvalue weighted by Gasteiger charge is -2.59. The predicted octanol–water partition coefficient (Wildman–Crippen LogP) is 8.79. The van der Waals surface area contributed by atoms with Crippen LogP contribution in [0.15, 0.2) is 73.3 Å². The van der Waals surface area contributed by atoms with Crippen molar-refractivity contribution in [2.45, 2.75) is 152 Å². The van der Waals surface area contributed by atoms with E-state index in [-0.39, 0.29) is 41.7 Å². The Morgan fingerprint density at radius 1 is 0.913 bits per heavy atom. The van der Waals surface area contributed by atoms with Crippen molar-refractivity contribution in [2.75, 3.05) is 6.61 Å². The largest absolute Gasteiger partial charge is 0.409 e. The fraction of sp³-hybridized carbons (Fsp3) is 0.641. The van der Waals surface area contributed by atoms with Crippen LogP contribution in [-0.2, 0) is 41.3 Å². The van der Waals surface area contributed by atoms with Gasteiger partial charge in [0, 0.05) is 19.4 Å². The molecule has 8 atom stereocenters. The first kappa shape index (κ1) is 35.5. The minimum absolute atomic E-state index is 0.0315. The van der Waals surface area contributed by atoms with E-state index in [1.54, 1.807) is 0 Å². The van der Waals surface area contributed by atoms with E-state index in [9.17, 15) is 0 Å². The summed E-state index contributed by atoms with van der Waals surface area (Å²) in [6.07, 6.45) is 6.36. The maximum atomic E-state index is 7.19. The average molecular weight is 651 g/mol. The van der Waals surface area contributed by atoms with Crippen molar-refractivity contribution >= 4 is 8.32 Å².